The van der Waals surface area contributed by atoms with Gasteiger partial charge in [0.25, 0.3) is 5.91 Å². The molecule has 0 saturated carbocycles. The fraction of sp³-hybridized carbons (Fsp3) is 0.300. The largest absolute Gasteiger partial charge is 0.497 e. The monoisotopic (exact) mass is 356 g/mol. The first kappa shape index (κ1) is 19.3. The molecule has 138 valence electrons. The molecule has 2 aromatic rings. The Bertz CT molecular complexity index is 748. The number of carbonyl (C=O) groups excluding carboxylic acids is 2. The van der Waals surface area contributed by atoms with E-state index in [0.717, 1.165) is 0 Å². The van der Waals surface area contributed by atoms with Crippen LogP contribution in [0, 0.1) is 0 Å². The quantitative estimate of drug-likeness (QED) is 0.799. The summed E-state index contributed by atoms with van der Waals surface area (Å²) >= 11 is 0. The SMILES string of the molecule is COc1cc(OC)cc(C(=O)NCC(=O)Nc2ccc(C(C)C)cc2)c1. The van der Waals surface area contributed by atoms with Gasteiger partial charge in [-0.3, -0.25) is 9.59 Å². The molecular formula is C20H24N2O4. The minimum Gasteiger partial charge on any atom is -0.497 e. The number of ether oxygens (including phenoxy) is 2. The molecule has 0 atom stereocenters. The number of amides is 2. The lowest BCUT2D eigenvalue weighted by Gasteiger charge is -2.10. The van der Waals surface area contributed by atoms with Crippen molar-refractivity contribution >= 4 is 17.5 Å². The minimum atomic E-state index is -0.382. The van der Waals surface area contributed by atoms with E-state index in [1.807, 2.05) is 24.3 Å². The average molecular weight is 356 g/mol. The smallest absolute Gasteiger partial charge is 0.251 e. The van der Waals surface area contributed by atoms with Crippen LogP contribution in [0.1, 0.15) is 35.7 Å². The van der Waals surface area contributed by atoms with Crippen LogP contribution in [-0.4, -0.2) is 32.6 Å². The lowest BCUT2D eigenvalue weighted by molar-refractivity contribution is -0.115. The van der Waals surface area contributed by atoms with Crippen LogP contribution in [0.4, 0.5) is 5.69 Å². The summed E-state index contributed by atoms with van der Waals surface area (Å²) in [4.78, 5) is 24.3. The van der Waals surface area contributed by atoms with Crippen molar-refractivity contribution in [1.29, 1.82) is 0 Å². The van der Waals surface area contributed by atoms with Gasteiger partial charge >= 0.3 is 0 Å². The normalized spacial score (nSPS) is 10.3. The number of hydrogen-bond donors (Lipinski definition) is 2. The highest BCUT2D eigenvalue weighted by Gasteiger charge is 2.11. The molecule has 6 heteroatoms. The number of anilines is 1. The maximum Gasteiger partial charge on any atom is 0.251 e. The Kier molecular flexibility index (Phi) is 6.60. The second-order valence-electron chi connectivity index (χ2n) is 6.11. The third kappa shape index (κ3) is 5.24. The zero-order valence-corrected chi connectivity index (χ0v) is 15.5. The standard InChI is InChI=1S/C20H24N2O4/c1-13(2)14-5-7-16(8-6-14)22-19(23)12-21-20(24)15-9-17(25-3)11-18(10-15)26-4/h5-11,13H,12H2,1-4H3,(H,21,24)(H,22,23). The van der Waals surface area contributed by atoms with E-state index >= 15 is 0 Å². The molecule has 0 aromatic heterocycles. The summed E-state index contributed by atoms with van der Waals surface area (Å²) in [6.07, 6.45) is 0. The van der Waals surface area contributed by atoms with Crippen molar-refractivity contribution in [1.82, 2.24) is 5.32 Å². The van der Waals surface area contributed by atoms with Crippen molar-refractivity contribution in [2.24, 2.45) is 0 Å². The molecule has 2 amide bonds. The van der Waals surface area contributed by atoms with E-state index < -0.39 is 0 Å². The van der Waals surface area contributed by atoms with E-state index in [4.69, 9.17) is 9.47 Å². The lowest BCUT2D eigenvalue weighted by atomic mass is 10.0. The number of hydrogen-bond acceptors (Lipinski definition) is 4. The Labute approximate surface area is 153 Å². The first-order chi connectivity index (χ1) is 12.4. The number of methoxy groups -OCH3 is 2. The van der Waals surface area contributed by atoms with Crippen LogP contribution in [0.3, 0.4) is 0 Å². The van der Waals surface area contributed by atoms with Gasteiger partial charge in [-0.05, 0) is 35.7 Å². The van der Waals surface area contributed by atoms with Gasteiger partial charge in [-0.25, -0.2) is 0 Å². The van der Waals surface area contributed by atoms with Gasteiger partial charge in [0.2, 0.25) is 5.91 Å². The molecular weight excluding hydrogens is 332 g/mol. The van der Waals surface area contributed by atoms with E-state index in [-0.39, 0.29) is 18.4 Å². The van der Waals surface area contributed by atoms with Crippen molar-refractivity contribution in [3.8, 4) is 11.5 Å². The second-order valence-corrected chi connectivity index (χ2v) is 6.11. The summed E-state index contributed by atoms with van der Waals surface area (Å²) in [5.41, 5.74) is 2.25. The molecule has 2 aromatic carbocycles. The zero-order chi connectivity index (χ0) is 19.1. The van der Waals surface area contributed by atoms with Crippen LogP contribution in [-0.2, 0) is 4.79 Å². The van der Waals surface area contributed by atoms with Crippen LogP contribution < -0.4 is 20.1 Å². The summed E-state index contributed by atoms with van der Waals surface area (Å²) in [5, 5.41) is 5.35. The van der Waals surface area contributed by atoms with Crippen LogP contribution in [0.2, 0.25) is 0 Å². The second kappa shape index (κ2) is 8.89. The minimum absolute atomic E-state index is 0.135. The van der Waals surface area contributed by atoms with E-state index in [2.05, 4.69) is 24.5 Å². The molecule has 0 saturated heterocycles. The number of rotatable bonds is 7. The van der Waals surface area contributed by atoms with Crippen LogP contribution in [0.25, 0.3) is 0 Å². The van der Waals surface area contributed by atoms with Gasteiger partial charge < -0.3 is 20.1 Å². The Morgan fingerprint density at radius 1 is 0.962 bits per heavy atom. The third-order valence-corrected chi connectivity index (χ3v) is 3.88. The van der Waals surface area contributed by atoms with E-state index in [0.29, 0.717) is 28.7 Å². The molecule has 0 spiro atoms. The van der Waals surface area contributed by atoms with Crippen LogP contribution >= 0.6 is 0 Å². The molecule has 0 heterocycles. The Morgan fingerprint density at radius 3 is 2.04 bits per heavy atom. The molecule has 0 fully saturated rings. The van der Waals surface area contributed by atoms with Gasteiger partial charge in [-0.2, -0.15) is 0 Å². The highest BCUT2D eigenvalue weighted by Crippen LogP contribution is 2.22. The van der Waals surface area contributed by atoms with Gasteiger partial charge in [0, 0.05) is 17.3 Å². The van der Waals surface area contributed by atoms with Crippen molar-refractivity contribution in [3.63, 3.8) is 0 Å². The summed E-state index contributed by atoms with van der Waals surface area (Å²) in [7, 11) is 3.02. The molecule has 2 N–H and O–H groups in total. The zero-order valence-electron chi connectivity index (χ0n) is 15.5. The van der Waals surface area contributed by atoms with Crippen molar-refractivity contribution in [3.05, 3.63) is 53.6 Å². The molecule has 26 heavy (non-hydrogen) atoms. The van der Waals surface area contributed by atoms with Gasteiger partial charge in [-0.15, -0.1) is 0 Å². The molecule has 0 aliphatic carbocycles. The summed E-state index contributed by atoms with van der Waals surface area (Å²) in [6, 6.07) is 12.5. The van der Waals surface area contributed by atoms with Crippen LogP contribution in [0.5, 0.6) is 11.5 Å². The van der Waals surface area contributed by atoms with Gasteiger partial charge in [0.05, 0.1) is 20.8 Å². The lowest BCUT2D eigenvalue weighted by Crippen LogP contribution is -2.32. The molecule has 6 nitrogen and oxygen atoms in total. The molecule has 0 radical (unpaired) electrons. The summed E-state index contributed by atoms with van der Waals surface area (Å²) in [5.74, 6) is 0.755. The van der Waals surface area contributed by atoms with Crippen molar-refractivity contribution in [2.45, 2.75) is 19.8 Å². The molecule has 2 rings (SSSR count). The molecule has 0 aliphatic rings. The average Bonchev–Trinajstić information content (AvgIpc) is 2.65. The maximum atomic E-state index is 12.3. The predicted molar refractivity (Wildman–Crippen MR) is 101 cm³/mol. The fourth-order valence-corrected chi connectivity index (χ4v) is 2.36. The molecule has 0 bridgehead atoms. The summed E-state index contributed by atoms with van der Waals surface area (Å²) < 4.78 is 10.3. The topological polar surface area (TPSA) is 76.7 Å². The first-order valence-electron chi connectivity index (χ1n) is 8.34. The number of carbonyl (C=O) groups is 2. The van der Waals surface area contributed by atoms with E-state index in [9.17, 15) is 9.59 Å². The van der Waals surface area contributed by atoms with Gasteiger partial charge in [0.15, 0.2) is 0 Å². The summed E-state index contributed by atoms with van der Waals surface area (Å²) in [6.45, 7) is 4.08. The van der Waals surface area contributed by atoms with Crippen LogP contribution in [0.15, 0.2) is 42.5 Å². The number of nitrogens with one attached hydrogen (secondary N) is 2. The Balaban J connectivity index is 1.93. The van der Waals surface area contributed by atoms with Gasteiger partial charge in [0.1, 0.15) is 11.5 Å². The van der Waals surface area contributed by atoms with E-state index in [1.165, 1.54) is 19.8 Å². The highest BCUT2D eigenvalue weighted by atomic mass is 16.5. The van der Waals surface area contributed by atoms with Crippen molar-refractivity contribution < 1.29 is 19.1 Å². The van der Waals surface area contributed by atoms with Gasteiger partial charge in [-0.1, -0.05) is 26.0 Å². The maximum absolute atomic E-state index is 12.3. The Hall–Kier alpha value is -3.02. The Morgan fingerprint density at radius 2 is 1.54 bits per heavy atom. The fourth-order valence-electron chi connectivity index (χ4n) is 2.36. The van der Waals surface area contributed by atoms with Crippen molar-refractivity contribution in [2.75, 3.05) is 26.1 Å². The predicted octanol–water partition coefficient (Wildman–Crippen LogP) is 3.20. The highest BCUT2D eigenvalue weighted by molar-refractivity contribution is 5.99. The molecule has 0 unspecified atom stereocenters. The number of benzene rings is 2. The van der Waals surface area contributed by atoms with E-state index in [1.54, 1.807) is 18.2 Å². The third-order valence-electron chi connectivity index (χ3n) is 3.88. The first-order valence-corrected chi connectivity index (χ1v) is 8.34. The molecule has 0 aliphatic heterocycles.